The first-order valence-electron chi connectivity index (χ1n) is 9.03. The molecule has 0 bridgehead atoms. The lowest BCUT2D eigenvalue weighted by Gasteiger charge is -2.13. The Bertz CT molecular complexity index is 807. The predicted molar refractivity (Wildman–Crippen MR) is 109 cm³/mol. The molecule has 0 saturated carbocycles. The average molecular weight is 405 g/mol. The highest BCUT2D eigenvalue weighted by atomic mass is 35.5. The Morgan fingerprint density at radius 3 is 2.39 bits per heavy atom. The lowest BCUT2D eigenvalue weighted by atomic mass is 10.1. The van der Waals surface area contributed by atoms with E-state index in [1.807, 2.05) is 0 Å². The van der Waals surface area contributed by atoms with E-state index in [1.54, 1.807) is 42.5 Å². The first-order chi connectivity index (χ1) is 13.4. The van der Waals surface area contributed by atoms with Crippen LogP contribution in [-0.4, -0.2) is 25.5 Å². The molecule has 0 fully saturated rings. The Morgan fingerprint density at radius 2 is 1.75 bits per heavy atom. The second kappa shape index (κ2) is 10.6. The molecule has 0 aromatic heterocycles. The van der Waals surface area contributed by atoms with E-state index in [0.717, 1.165) is 12.0 Å². The van der Waals surface area contributed by atoms with E-state index in [9.17, 15) is 9.59 Å². The largest absolute Gasteiger partial charge is 0.493 e. The molecule has 2 N–H and O–H groups in total. The zero-order valence-corrected chi connectivity index (χ0v) is 17.0. The molecule has 0 unspecified atom stereocenters. The topological polar surface area (TPSA) is 76.7 Å². The number of hydrazine groups is 1. The highest BCUT2D eigenvalue weighted by molar-refractivity contribution is 6.30. The van der Waals surface area contributed by atoms with Crippen molar-refractivity contribution in [3.63, 3.8) is 0 Å². The van der Waals surface area contributed by atoms with Gasteiger partial charge in [0.1, 0.15) is 0 Å². The van der Waals surface area contributed by atoms with Gasteiger partial charge in [-0.25, -0.2) is 0 Å². The van der Waals surface area contributed by atoms with E-state index in [4.69, 9.17) is 21.1 Å². The number of rotatable bonds is 8. The number of methoxy groups -OCH3 is 1. The monoisotopic (exact) mass is 404 g/mol. The van der Waals surface area contributed by atoms with Crippen LogP contribution in [0.5, 0.6) is 11.5 Å². The number of amides is 2. The fourth-order valence-corrected chi connectivity index (χ4v) is 2.49. The van der Waals surface area contributed by atoms with Gasteiger partial charge in [0.2, 0.25) is 5.91 Å². The van der Waals surface area contributed by atoms with Crippen molar-refractivity contribution in [3.8, 4) is 11.5 Å². The molecule has 2 aromatic carbocycles. The third kappa shape index (κ3) is 6.78. The molecule has 0 saturated heterocycles. The molecule has 0 radical (unpaired) electrons. The fraction of sp³-hybridized carbons (Fsp3) is 0.333. The molecule has 0 heterocycles. The maximum Gasteiger partial charge on any atom is 0.269 e. The molecule has 0 spiro atoms. The molecule has 150 valence electrons. The number of hydrogen-bond donors (Lipinski definition) is 2. The molecule has 0 atom stereocenters. The van der Waals surface area contributed by atoms with Gasteiger partial charge in [-0.05, 0) is 48.2 Å². The van der Waals surface area contributed by atoms with E-state index >= 15 is 0 Å². The van der Waals surface area contributed by atoms with Crippen LogP contribution in [0.2, 0.25) is 5.02 Å². The SMILES string of the molecule is COc1cc(C(=O)NNC(=O)Cc2ccc(Cl)cc2)ccc1OCCC(C)C. The van der Waals surface area contributed by atoms with Gasteiger partial charge in [0.25, 0.3) is 5.91 Å². The molecule has 0 aliphatic heterocycles. The molecular formula is C21H25ClN2O4. The Kier molecular flexibility index (Phi) is 8.14. The predicted octanol–water partition coefficient (Wildman–Crippen LogP) is 3.78. The third-order valence-electron chi connectivity index (χ3n) is 3.97. The Hall–Kier alpha value is -2.73. The van der Waals surface area contributed by atoms with Crippen molar-refractivity contribution in [1.29, 1.82) is 0 Å². The van der Waals surface area contributed by atoms with Crippen molar-refractivity contribution in [2.24, 2.45) is 5.92 Å². The summed E-state index contributed by atoms with van der Waals surface area (Å²) in [6.07, 6.45) is 1.05. The van der Waals surface area contributed by atoms with E-state index in [0.29, 0.717) is 34.6 Å². The van der Waals surface area contributed by atoms with Gasteiger partial charge >= 0.3 is 0 Å². The molecular weight excluding hydrogens is 380 g/mol. The molecule has 6 nitrogen and oxygen atoms in total. The second-order valence-electron chi connectivity index (χ2n) is 6.70. The van der Waals surface area contributed by atoms with Crippen molar-refractivity contribution < 1.29 is 19.1 Å². The average Bonchev–Trinajstić information content (AvgIpc) is 2.67. The number of carbonyl (C=O) groups is 2. The van der Waals surface area contributed by atoms with E-state index in [2.05, 4.69) is 24.7 Å². The first-order valence-corrected chi connectivity index (χ1v) is 9.41. The minimum Gasteiger partial charge on any atom is -0.493 e. The summed E-state index contributed by atoms with van der Waals surface area (Å²) in [5.74, 6) is 0.788. The zero-order chi connectivity index (χ0) is 20.5. The summed E-state index contributed by atoms with van der Waals surface area (Å²) >= 11 is 5.82. The number of nitrogens with one attached hydrogen (secondary N) is 2. The van der Waals surface area contributed by atoms with Crippen molar-refractivity contribution >= 4 is 23.4 Å². The molecule has 28 heavy (non-hydrogen) atoms. The van der Waals surface area contributed by atoms with Gasteiger partial charge in [0, 0.05) is 10.6 Å². The second-order valence-corrected chi connectivity index (χ2v) is 7.14. The number of benzene rings is 2. The van der Waals surface area contributed by atoms with Crippen LogP contribution >= 0.6 is 11.6 Å². The van der Waals surface area contributed by atoms with E-state index < -0.39 is 5.91 Å². The lowest BCUT2D eigenvalue weighted by molar-refractivity contribution is -0.121. The van der Waals surface area contributed by atoms with Crippen LogP contribution in [0.15, 0.2) is 42.5 Å². The minimum absolute atomic E-state index is 0.128. The van der Waals surface area contributed by atoms with Gasteiger partial charge in [0.05, 0.1) is 20.1 Å². The number of hydrogen-bond acceptors (Lipinski definition) is 4. The van der Waals surface area contributed by atoms with Crippen molar-refractivity contribution in [1.82, 2.24) is 10.9 Å². The van der Waals surface area contributed by atoms with Crippen LogP contribution in [0, 0.1) is 5.92 Å². The highest BCUT2D eigenvalue weighted by Crippen LogP contribution is 2.28. The van der Waals surface area contributed by atoms with Crippen molar-refractivity contribution in [2.75, 3.05) is 13.7 Å². The number of carbonyl (C=O) groups excluding carboxylic acids is 2. The Labute approximate surface area is 170 Å². The highest BCUT2D eigenvalue weighted by Gasteiger charge is 2.12. The molecule has 2 amide bonds. The molecule has 0 aliphatic carbocycles. The molecule has 7 heteroatoms. The minimum atomic E-state index is -0.448. The number of ether oxygens (including phenoxy) is 2. The lowest BCUT2D eigenvalue weighted by Crippen LogP contribution is -2.42. The van der Waals surface area contributed by atoms with Crippen LogP contribution in [0.4, 0.5) is 0 Å². The van der Waals surface area contributed by atoms with Crippen LogP contribution in [0.1, 0.15) is 36.2 Å². The van der Waals surface area contributed by atoms with Crippen molar-refractivity contribution in [3.05, 3.63) is 58.6 Å². The smallest absolute Gasteiger partial charge is 0.269 e. The summed E-state index contributed by atoms with van der Waals surface area (Å²) < 4.78 is 11.0. The molecule has 2 rings (SSSR count). The standard InChI is InChI=1S/C21H25ClN2O4/c1-14(2)10-11-28-18-9-6-16(13-19(18)27-3)21(26)24-23-20(25)12-15-4-7-17(22)8-5-15/h4-9,13-14H,10-12H2,1-3H3,(H,23,25)(H,24,26). The summed E-state index contributed by atoms with van der Waals surface area (Å²) in [6, 6.07) is 11.8. The normalized spacial score (nSPS) is 10.5. The summed E-state index contributed by atoms with van der Waals surface area (Å²) in [4.78, 5) is 24.3. The maximum absolute atomic E-state index is 12.3. The first kappa shape index (κ1) is 21.6. The molecule has 0 aliphatic rings. The third-order valence-corrected chi connectivity index (χ3v) is 4.22. The van der Waals surface area contributed by atoms with Crippen LogP contribution < -0.4 is 20.3 Å². The van der Waals surface area contributed by atoms with Gasteiger partial charge in [-0.3, -0.25) is 20.4 Å². The van der Waals surface area contributed by atoms with Gasteiger partial charge in [-0.15, -0.1) is 0 Å². The quantitative estimate of drug-likeness (QED) is 0.656. The van der Waals surface area contributed by atoms with Gasteiger partial charge in [0.15, 0.2) is 11.5 Å². The summed E-state index contributed by atoms with van der Waals surface area (Å²) in [6.45, 7) is 4.81. The van der Waals surface area contributed by atoms with Gasteiger partial charge < -0.3 is 9.47 Å². The molecule has 2 aromatic rings. The van der Waals surface area contributed by atoms with Gasteiger partial charge in [-0.2, -0.15) is 0 Å². The fourth-order valence-electron chi connectivity index (χ4n) is 2.36. The summed E-state index contributed by atoms with van der Waals surface area (Å²) in [7, 11) is 1.51. The maximum atomic E-state index is 12.3. The van der Waals surface area contributed by atoms with E-state index in [-0.39, 0.29) is 12.3 Å². The summed E-state index contributed by atoms with van der Waals surface area (Å²) in [5, 5.41) is 0.600. The Morgan fingerprint density at radius 1 is 1.04 bits per heavy atom. The Balaban J connectivity index is 1.90. The zero-order valence-electron chi connectivity index (χ0n) is 16.3. The van der Waals surface area contributed by atoms with Crippen LogP contribution in [0.25, 0.3) is 0 Å². The van der Waals surface area contributed by atoms with E-state index in [1.165, 1.54) is 7.11 Å². The van der Waals surface area contributed by atoms with Crippen molar-refractivity contribution in [2.45, 2.75) is 26.7 Å². The van der Waals surface area contributed by atoms with Gasteiger partial charge in [-0.1, -0.05) is 37.6 Å². The summed E-state index contributed by atoms with van der Waals surface area (Å²) in [5.41, 5.74) is 5.94. The number of halogens is 1. The van der Waals surface area contributed by atoms with Crippen LogP contribution in [-0.2, 0) is 11.2 Å². The van der Waals surface area contributed by atoms with Crippen LogP contribution in [0.3, 0.4) is 0 Å².